The van der Waals surface area contributed by atoms with Crippen LogP contribution >= 0.6 is 0 Å². The van der Waals surface area contributed by atoms with Crippen molar-refractivity contribution in [3.8, 4) is 0 Å². The molecule has 1 heterocycles. The first-order chi connectivity index (χ1) is 9.11. The maximum atomic E-state index is 12.4. The zero-order valence-corrected chi connectivity index (χ0v) is 12.5. The Labute approximate surface area is 115 Å². The van der Waals surface area contributed by atoms with Crippen LogP contribution in [-0.2, 0) is 17.8 Å². The molecule has 0 aromatic carbocycles. The SMILES string of the molecule is CCCn1c(C(C)C)ccc(CNCCOC)c1=O. The first kappa shape index (κ1) is 15.9. The summed E-state index contributed by atoms with van der Waals surface area (Å²) in [6.45, 7) is 9.15. The molecule has 1 aromatic heterocycles. The fraction of sp³-hybridized carbons (Fsp3) is 0.667. The molecule has 0 saturated carbocycles. The highest BCUT2D eigenvalue weighted by Crippen LogP contribution is 2.13. The number of nitrogens with zero attached hydrogens (tertiary/aromatic N) is 1. The van der Waals surface area contributed by atoms with Crippen molar-refractivity contribution in [1.82, 2.24) is 9.88 Å². The summed E-state index contributed by atoms with van der Waals surface area (Å²) >= 11 is 0. The van der Waals surface area contributed by atoms with Crippen molar-refractivity contribution >= 4 is 0 Å². The third-order valence-electron chi connectivity index (χ3n) is 3.12. The lowest BCUT2D eigenvalue weighted by Gasteiger charge is -2.16. The smallest absolute Gasteiger partial charge is 0.255 e. The molecular weight excluding hydrogens is 240 g/mol. The predicted octanol–water partition coefficient (Wildman–Crippen LogP) is 2.12. The molecule has 19 heavy (non-hydrogen) atoms. The second kappa shape index (κ2) is 8.12. The zero-order valence-electron chi connectivity index (χ0n) is 12.5. The molecule has 0 radical (unpaired) electrons. The van der Waals surface area contributed by atoms with E-state index in [4.69, 9.17) is 4.74 Å². The lowest BCUT2D eigenvalue weighted by atomic mass is 10.1. The molecule has 108 valence electrons. The lowest BCUT2D eigenvalue weighted by Crippen LogP contribution is -2.30. The Balaban J connectivity index is 2.89. The van der Waals surface area contributed by atoms with Crippen molar-refractivity contribution in [2.24, 2.45) is 0 Å². The van der Waals surface area contributed by atoms with Crippen molar-refractivity contribution in [3.63, 3.8) is 0 Å². The normalized spacial score (nSPS) is 11.2. The van der Waals surface area contributed by atoms with Crippen molar-refractivity contribution < 1.29 is 4.74 Å². The van der Waals surface area contributed by atoms with Gasteiger partial charge in [-0.2, -0.15) is 0 Å². The molecule has 1 aromatic rings. The van der Waals surface area contributed by atoms with E-state index < -0.39 is 0 Å². The van der Waals surface area contributed by atoms with Gasteiger partial charge in [0, 0.05) is 38.0 Å². The van der Waals surface area contributed by atoms with E-state index >= 15 is 0 Å². The number of pyridine rings is 1. The molecule has 0 aliphatic carbocycles. The number of hydrogen-bond donors (Lipinski definition) is 1. The van der Waals surface area contributed by atoms with Gasteiger partial charge in [0.25, 0.3) is 5.56 Å². The largest absolute Gasteiger partial charge is 0.383 e. The van der Waals surface area contributed by atoms with E-state index in [-0.39, 0.29) is 5.56 Å². The van der Waals surface area contributed by atoms with Crippen LogP contribution in [0.4, 0.5) is 0 Å². The number of aromatic nitrogens is 1. The molecule has 0 aliphatic rings. The average Bonchev–Trinajstić information content (AvgIpc) is 2.38. The Kier molecular flexibility index (Phi) is 6.81. The van der Waals surface area contributed by atoms with Crippen molar-refractivity contribution in [1.29, 1.82) is 0 Å². The predicted molar refractivity (Wildman–Crippen MR) is 78.7 cm³/mol. The van der Waals surface area contributed by atoms with Crippen LogP contribution in [-0.4, -0.2) is 24.8 Å². The van der Waals surface area contributed by atoms with E-state index in [1.807, 2.05) is 10.6 Å². The van der Waals surface area contributed by atoms with E-state index in [1.54, 1.807) is 7.11 Å². The van der Waals surface area contributed by atoms with Gasteiger partial charge in [-0.25, -0.2) is 0 Å². The Morgan fingerprint density at radius 2 is 2.11 bits per heavy atom. The molecule has 4 heteroatoms. The average molecular weight is 266 g/mol. The zero-order chi connectivity index (χ0) is 14.3. The van der Waals surface area contributed by atoms with Gasteiger partial charge in [0.1, 0.15) is 0 Å². The maximum absolute atomic E-state index is 12.4. The number of rotatable bonds is 8. The van der Waals surface area contributed by atoms with Gasteiger partial charge < -0.3 is 14.6 Å². The summed E-state index contributed by atoms with van der Waals surface area (Å²) < 4.78 is 6.89. The van der Waals surface area contributed by atoms with Crippen LogP contribution in [0.3, 0.4) is 0 Å². The third kappa shape index (κ3) is 4.48. The van der Waals surface area contributed by atoms with Gasteiger partial charge in [0.15, 0.2) is 0 Å². The van der Waals surface area contributed by atoms with Crippen molar-refractivity contribution in [2.45, 2.75) is 46.2 Å². The second-order valence-corrected chi connectivity index (χ2v) is 5.06. The minimum atomic E-state index is 0.137. The van der Waals surface area contributed by atoms with E-state index in [1.165, 1.54) is 0 Å². The topological polar surface area (TPSA) is 43.3 Å². The molecule has 0 fully saturated rings. The summed E-state index contributed by atoms with van der Waals surface area (Å²) in [4.78, 5) is 12.4. The fourth-order valence-electron chi connectivity index (χ4n) is 2.13. The molecule has 4 nitrogen and oxygen atoms in total. The fourth-order valence-corrected chi connectivity index (χ4v) is 2.13. The Hall–Kier alpha value is -1.13. The van der Waals surface area contributed by atoms with Crippen molar-refractivity contribution in [3.05, 3.63) is 33.7 Å². The third-order valence-corrected chi connectivity index (χ3v) is 3.12. The van der Waals surface area contributed by atoms with Crippen LogP contribution in [0.2, 0.25) is 0 Å². The quantitative estimate of drug-likeness (QED) is 0.733. The van der Waals surface area contributed by atoms with Crippen LogP contribution in [0.1, 0.15) is 44.4 Å². The summed E-state index contributed by atoms with van der Waals surface area (Å²) in [6.07, 6.45) is 0.972. The van der Waals surface area contributed by atoms with Crippen LogP contribution < -0.4 is 10.9 Å². The van der Waals surface area contributed by atoms with Gasteiger partial charge in [-0.1, -0.05) is 26.8 Å². The van der Waals surface area contributed by atoms with E-state index in [9.17, 15) is 4.79 Å². The molecule has 0 unspecified atom stereocenters. The van der Waals surface area contributed by atoms with E-state index in [2.05, 4.69) is 32.2 Å². The standard InChI is InChI=1S/C15H26N2O2/c1-5-9-17-14(12(2)3)7-6-13(15(17)18)11-16-8-10-19-4/h6-7,12,16H,5,8-11H2,1-4H3. The summed E-state index contributed by atoms with van der Waals surface area (Å²) in [5.74, 6) is 0.370. The molecule has 1 rings (SSSR count). The number of ether oxygens (including phenoxy) is 1. The lowest BCUT2D eigenvalue weighted by molar-refractivity contribution is 0.199. The molecule has 0 aliphatic heterocycles. The molecular formula is C15H26N2O2. The summed E-state index contributed by atoms with van der Waals surface area (Å²) in [5.41, 5.74) is 2.08. The first-order valence-electron chi connectivity index (χ1n) is 7.04. The highest BCUT2D eigenvalue weighted by Gasteiger charge is 2.10. The second-order valence-electron chi connectivity index (χ2n) is 5.06. The molecule has 0 atom stereocenters. The van der Waals surface area contributed by atoms with Crippen molar-refractivity contribution in [2.75, 3.05) is 20.3 Å². The molecule has 1 N–H and O–H groups in total. The minimum absolute atomic E-state index is 0.137. The minimum Gasteiger partial charge on any atom is -0.383 e. The molecule has 0 amide bonds. The summed E-state index contributed by atoms with van der Waals surface area (Å²) in [6, 6.07) is 4.03. The van der Waals surface area contributed by atoms with Crippen LogP contribution in [0.15, 0.2) is 16.9 Å². The van der Waals surface area contributed by atoms with Gasteiger partial charge in [0.2, 0.25) is 0 Å². The van der Waals surface area contributed by atoms with E-state index in [0.717, 1.165) is 30.8 Å². The van der Waals surface area contributed by atoms with Gasteiger partial charge in [-0.15, -0.1) is 0 Å². The van der Waals surface area contributed by atoms with Gasteiger partial charge in [-0.3, -0.25) is 4.79 Å². The Bertz CT molecular complexity index is 438. The molecule has 0 bridgehead atoms. The van der Waals surface area contributed by atoms with Gasteiger partial charge >= 0.3 is 0 Å². The van der Waals surface area contributed by atoms with Crippen LogP contribution in [0.5, 0.6) is 0 Å². The number of methoxy groups -OCH3 is 1. The summed E-state index contributed by atoms with van der Waals surface area (Å²) in [7, 11) is 1.67. The van der Waals surface area contributed by atoms with E-state index in [0.29, 0.717) is 19.1 Å². The highest BCUT2D eigenvalue weighted by molar-refractivity contribution is 5.18. The Morgan fingerprint density at radius 1 is 1.37 bits per heavy atom. The van der Waals surface area contributed by atoms with Gasteiger partial charge in [-0.05, 0) is 18.4 Å². The van der Waals surface area contributed by atoms with Crippen LogP contribution in [0, 0.1) is 0 Å². The summed E-state index contributed by atoms with van der Waals surface area (Å²) in [5, 5.41) is 3.22. The van der Waals surface area contributed by atoms with Gasteiger partial charge in [0.05, 0.1) is 6.61 Å². The number of hydrogen-bond acceptors (Lipinski definition) is 3. The Morgan fingerprint density at radius 3 is 2.68 bits per heavy atom. The molecule has 0 saturated heterocycles. The first-order valence-corrected chi connectivity index (χ1v) is 7.04. The van der Waals surface area contributed by atoms with Crippen LogP contribution in [0.25, 0.3) is 0 Å². The molecule has 0 spiro atoms. The maximum Gasteiger partial charge on any atom is 0.255 e. The highest BCUT2D eigenvalue weighted by atomic mass is 16.5. The number of nitrogens with one attached hydrogen (secondary N) is 1. The monoisotopic (exact) mass is 266 g/mol.